The van der Waals surface area contributed by atoms with E-state index in [0.717, 1.165) is 46.9 Å². The molecule has 1 aromatic heterocycles. The summed E-state index contributed by atoms with van der Waals surface area (Å²) in [6.45, 7) is 3.26. The highest BCUT2D eigenvalue weighted by atomic mass is 79.9. The molecule has 2 heterocycles. The third-order valence-corrected chi connectivity index (χ3v) is 4.59. The van der Waals surface area contributed by atoms with Crippen molar-refractivity contribution in [1.82, 2.24) is 10.3 Å². The fourth-order valence-electron chi connectivity index (χ4n) is 2.68. The predicted molar refractivity (Wildman–Crippen MR) is 82.9 cm³/mol. The topological polar surface area (TPSA) is 28.2 Å². The first-order valence-electron chi connectivity index (χ1n) is 7.02. The van der Waals surface area contributed by atoms with Gasteiger partial charge in [-0.15, -0.1) is 0 Å². The first-order valence-corrected chi connectivity index (χ1v) is 8.19. The molecule has 0 radical (unpaired) electrons. The van der Waals surface area contributed by atoms with Gasteiger partial charge in [0.2, 0.25) is 0 Å². The third kappa shape index (κ3) is 3.61. The molecule has 0 bridgehead atoms. The summed E-state index contributed by atoms with van der Waals surface area (Å²) >= 11 is 9.70. The Morgan fingerprint density at radius 2 is 2.26 bits per heavy atom. The molecule has 1 aliphatic heterocycles. The highest BCUT2D eigenvalue weighted by molar-refractivity contribution is 9.10. The van der Waals surface area contributed by atoms with Crippen LogP contribution in [0.15, 0.2) is 16.7 Å². The van der Waals surface area contributed by atoms with Gasteiger partial charge in [-0.05, 0) is 60.1 Å². The van der Waals surface area contributed by atoms with Crippen LogP contribution in [-0.4, -0.2) is 30.7 Å². The first-order chi connectivity index (χ1) is 9.22. The predicted octanol–water partition coefficient (Wildman–Crippen LogP) is 3.47. The van der Waals surface area contributed by atoms with Crippen LogP contribution >= 0.6 is 27.5 Å². The maximum Gasteiger partial charge on any atom is 0.147 e. The number of rotatable bonds is 4. The minimum Gasteiger partial charge on any atom is -0.355 e. The van der Waals surface area contributed by atoms with Crippen molar-refractivity contribution in [2.24, 2.45) is 5.92 Å². The van der Waals surface area contributed by atoms with Crippen molar-refractivity contribution in [2.45, 2.75) is 31.7 Å². The van der Waals surface area contributed by atoms with E-state index >= 15 is 0 Å². The lowest BCUT2D eigenvalue weighted by atomic mass is 9.98. The molecule has 1 saturated heterocycles. The smallest absolute Gasteiger partial charge is 0.147 e. The summed E-state index contributed by atoms with van der Waals surface area (Å²) in [6, 6.07) is 2.72. The van der Waals surface area contributed by atoms with E-state index in [0.29, 0.717) is 0 Å². The van der Waals surface area contributed by atoms with Crippen LogP contribution in [0, 0.1) is 5.92 Å². The summed E-state index contributed by atoms with van der Waals surface area (Å²) in [5, 5.41) is 4.38. The van der Waals surface area contributed by atoms with Gasteiger partial charge in [-0.25, -0.2) is 4.98 Å². The zero-order valence-electron chi connectivity index (χ0n) is 10.9. The van der Waals surface area contributed by atoms with E-state index in [9.17, 15) is 0 Å². The van der Waals surface area contributed by atoms with Crippen LogP contribution in [0.2, 0.25) is 5.02 Å². The van der Waals surface area contributed by atoms with Crippen LogP contribution in [0.25, 0.3) is 0 Å². The van der Waals surface area contributed by atoms with Gasteiger partial charge in [0.15, 0.2) is 0 Å². The summed E-state index contributed by atoms with van der Waals surface area (Å²) in [4.78, 5) is 6.80. The molecule has 1 aliphatic carbocycles. The summed E-state index contributed by atoms with van der Waals surface area (Å²) in [5.74, 6) is 1.65. The van der Waals surface area contributed by atoms with Crippen LogP contribution in [0.3, 0.4) is 0 Å². The largest absolute Gasteiger partial charge is 0.355 e. The van der Waals surface area contributed by atoms with Gasteiger partial charge < -0.3 is 10.2 Å². The van der Waals surface area contributed by atoms with Gasteiger partial charge in [-0.3, -0.25) is 0 Å². The molecule has 1 N–H and O–H groups in total. The van der Waals surface area contributed by atoms with Crippen LogP contribution in [-0.2, 0) is 0 Å². The van der Waals surface area contributed by atoms with E-state index in [1.54, 1.807) is 0 Å². The Balaban J connectivity index is 1.62. The van der Waals surface area contributed by atoms with Crippen molar-refractivity contribution in [3.05, 3.63) is 21.8 Å². The second-order valence-electron chi connectivity index (χ2n) is 5.60. The van der Waals surface area contributed by atoms with Gasteiger partial charge in [-0.2, -0.15) is 0 Å². The molecule has 0 aromatic carbocycles. The lowest BCUT2D eigenvalue weighted by Gasteiger charge is -2.34. The number of nitrogens with zero attached hydrogens (tertiary/aromatic N) is 2. The number of anilines is 1. The van der Waals surface area contributed by atoms with Crippen molar-refractivity contribution >= 4 is 33.3 Å². The molecule has 5 heteroatoms. The average Bonchev–Trinajstić information content (AvgIpc) is 3.21. The van der Waals surface area contributed by atoms with Crippen LogP contribution in [0.5, 0.6) is 0 Å². The van der Waals surface area contributed by atoms with Crippen LogP contribution < -0.4 is 10.2 Å². The number of aromatic nitrogens is 1. The van der Waals surface area contributed by atoms with Gasteiger partial charge >= 0.3 is 0 Å². The normalized spacial score (nSPS) is 23.7. The Bertz CT molecular complexity index is 450. The molecule has 2 aliphatic rings. The fraction of sp³-hybridized carbons (Fsp3) is 0.643. The monoisotopic (exact) mass is 343 g/mol. The maximum atomic E-state index is 6.30. The summed E-state index contributed by atoms with van der Waals surface area (Å²) in [6.07, 6.45) is 7.08. The standard InChI is InChI=1S/C14H19BrClN3/c15-11-6-13(16)14(18-8-11)19-5-1-2-10(9-19)7-17-12-3-4-12/h6,8,10,12,17H,1-5,7,9H2. The lowest BCUT2D eigenvalue weighted by molar-refractivity contribution is 0.389. The second kappa shape index (κ2) is 5.98. The van der Waals surface area contributed by atoms with Gasteiger partial charge in [0.25, 0.3) is 0 Å². The number of halogens is 2. The molecular weight excluding hydrogens is 326 g/mol. The van der Waals surface area contributed by atoms with Crippen LogP contribution in [0.1, 0.15) is 25.7 Å². The lowest BCUT2D eigenvalue weighted by Crippen LogP contribution is -2.40. The van der Waals surface area contributed by atoms with Crippen molar-refractivity contribution in [3.63, 3.8) is 0 Å². The molecule has 2 fully saturated rings. The molecule has 3 rings (SSSR count). The molecule has 104 valence electrons. The molecule has 19 heavy (non-hydrogen) atoms. The molecule has 1 atom stereocenters. The van der Waals surface area contributed by atoms with E-state index in [1.165, 1.54) is 25.7 Å². The van der Waals surface area contributed by atoms with E-state index in [2.05, 4.69) is 31.1 Å². The fourth-order valence-corrected chi connectivity index (χ4v) is 3.43. The van der Waals surface area contributed by atoms with Gasteiger partial charge in [0.1, 0.15) is 5.82 Å². The zero-order chi connectivity index (χ0) is 13.2. The summed E-state index contributed by atoms with van der Waals surface area (Å²) in [7, 11) is 0. The van der Waals surface area contributed by atoms with Crippen LogP contribution in [0.4, 0.5) is 5.82 Å². The summed E-state index contributed by atoms with van der Waals surface area (Å²) in [5.41, 5.74) is 0. The van der Waals surface area contributed by atoms with Crippen molar-refractivity contribution < 1.29 is 0 Å². The van der Waals surface area contributed by atoms with Gasteiger partial charge in [-0.1, -0.05) is 11.6 Å². The van der Waals surface area contributed by atoms with E-state index < -0.39 is 0 Å². The number of nitrogens with one attached hydrogen (secondary N) is 1. The van der Waals surface area contributed by atoms with Crippen molar-refractivity contribution in [3.8, 4) is 0 Å². The van der Waals surface area contributed by atoms with E-state index in [1.807, 2.05) is 12.3 Å². The molecule has 3 nitrogen and oxygen atoms in total. The van der Waals surface area contributed by atoms with E-state index in [4.69, 9.17) is 11.6 Å². The molecule has 0 spiro atoms. The molecule has 0 amide bonds. The minimum atomic E-state index is 0.718. The Morgan fingerprint density at radius 3 is 3.00 bits per heavy atom. The third-order valence-electron chi connectivity index (χ3n) is 3.88. The quantitative estimate of drug-likeness (QED) is 0.906. The Morgan fingerprint density at radius 1 is 1.42 bits per heavy atom. The highest BCUT2D eigenvalue weighted by Gasteiger charge is 2.25. The van der Waals surface area contributed by atoms with Gasteiger partial charge in [0, 0.05) is 29.8 Å². The highest BCUT2D eigenvalue weighted by Crippen LogP contribution is 2.30. The number of hydrogen-bond donors (Lipinski definition) is 1. The number of pyridine rings is 1. The number of hydrogen-bond acceptors (Lipinski definition) is 3. The minimum absolute atomic E-state index is 0.718. The Labute approximate surface area is 127 Å². The summed E-state index contributed by atoms with van der Waals surface area (Å²) < 4.78 is 0.935. The average molecular weight is 345 g/mol. The first kappa shape index (κ1) is 13.7. The maximum absolute atomic E-state index is 6.30. The molecule has 1 unspecified atom stereocenters. The Kier molecular flexibility index (Phi) is 4.30. The SMILES string of the molecule is Clc1cc(Br)cnc1N1CCCC(CNC2CC2)C1. The molecule has 1 saturated carbocycles. The molecule has 1 aromatic rings. The zero-order valence-corrected chi connectivity index (χ0v) is 13.3. The van der Waals surface area contributed by atoms with Crippen molar-refractivity contribution in [2.75, 3.05) is 24.5 Å². The van der Waals surface area contributed by atoms with Crippen molar-refractivity contribution in [1.29, 1.82) is 0 Å². The second-order valence-corrected chi connectivity index (χ2v) is 6.92. The number of piperidine rings is 1. The van der Waals surface area contributed by atoms with Gasteiger partial charge in [0.05, 0.1) is 5.02 Å². The Hall–Kier alpha value is -0.320. The van der Waals surface area contributed by atoms with E-state index in [-0.39, 0.29) is 0 Å². The molecular formula is C14H19BrClN3.